The summed E-state index contributed by atoms with van der Waals surface area (Å²) in [5, 5.41) is 0. The highest BCUT2D eigenvalue weighted by molar-refractivity contribution is 7.88. The van der Waals surface area contributed by atoms with E-state index in [4.69, 9.17) is 0 Å². The molecule has 1 aliphatic heterocycles. The molecular formula is C9H21N3O2S. The maximum absolute atomic E-state index is 11.2. The van der Waals surface area contributed by atoms with Gasteiger partial charge in [-0.1, -0.05) is 0 Å². The molecule has 0 aromatic heterocycles. The lowest BCUT2D eigenvalue weighted by molar-refractivity contribution is 0.150. The van der Waals surface area contributed by atoms with E-state index in [2.05, 4.69) is 16.8 Å². The first kappa shape index (κ1) is 12.9. The molecule has 0 radical (unpaired) electrons. The van der Waals surface area contributed by atoms with Crippen molar-refractivity contribution < 1.29 is 8.42 Å². The van der Waals surface area contributed by atoms with Crippen LogP contribution in [0.4, 0.5) is 0 Å². The molecule has 0 N–H and O–H groups in total. The van der Waals surface area contributed by atoms with Crippen molar-refractivity contribution in [2.45, 2.75) is 0 Å². The molecule has 1 rings (SSSR count). The lowest BCUT2D eigenvalue weighted by Crippen LogP contribution is -2.47. The summed E-state index contributed by atoms with van der Waals surface area (Å²) in [5.74, 6) is 0. The van der Waals surface area contributed by atoms with Crippen LogP contribution in [0.2, 0.25) is 0 Å². The van der Waals surface area contributed by atoms with E-state index in [1.54, 1.807) is 7.05 Å². The summed E-state index contributed by atoms with van der Waals surface area (Å²) in [5.41, 5.74) is 0. The minimum absolute atomic E-state index is 0.586. The van der Waals surface area contributed by atoms with Gasteiger partial charge in [0.2, 0.25) is 10.0 Å². The quantitative estimate of drug-likeness (QED) is 0.635. The van der Waals surface area contributed by atoms with Crippen molar-refractivity contribution in [2.24, 2.45) is 0 Å². The number of likely N-dealkylation sites (N-methyl/N-ethyl adjacent to an activating group) is 2. The Hall–Kier alpha value is -0.170. The van der Waals surface area contributed by atoms with Crippen LogP contribution in [0.5, 0.6) is 0 Å². The lowest BCUT2D eigenvalue weighted by atomic mass is 10.3. The molecular weight excluding hydrogens is 214 g/mol. The summed E-state index contributed by atoms with van der Waals surface area (Å²) in [6, 6.07) is 0. The average molecular weight is 235 g/mol. The third-order valence-corrected chi connectivity index (χ3v) is 4.21. The second-order valence-electron chi connectivity index (χ2n) is 4.23. The third kappa shape index (κ3) is 4.46. The number of nitrogens with zero attached hydrogens (tertiary/aromatic N) is 3. The first-order valence-electron chi connectivity index (χ1n) is 5.22. The van der Waals surface area contributed by atoms with Crippen molar-refractivity contribution >= 4 is 10.0 Å². The smallest absolute Gasteiger partial charge is 0.210 e. The number of piperazine rings is 1. The summed E-state index contributed by atoms with van der Waals surface area (Å²) < 4.78 is 23.7. The first-order valence-corrected chi connectivity index (χ1v) is 7.06. The standard InChI is InChI=1S/C9H21N3O2S/c1-10-4-7-12(8-5-10)9-6-11(2)15(3,13)14/h4-9H2,1-3H3. The second-order valence-corrected chi connectivity index (χ2v) is 6.32. The molecule has 5 nitrogen and oxygen atoms in total. The van der Waals surface area contributed by atoms with Crippen molar-refractivity contribution in [2.75, 3.05) is 59.6 Å². The zero-order valence-electron chi connectivity index (χ0n) is 9.81. The Labute approximate surface area is 92.7 Å². The molecule has 0 amide bonds. The van der Waals surface area contributed by atoms with Crippen molar-refractivity contribution in [3.8, 4) is 0 Å². The van der Waals surface area contributed by atoms with Crippen LogP contribution < -0.4 is 0 Å². The van der Waals surface area contributed by atoms with Gasteiger partial charge in [-0.3, -0.25) is 4.90 Å². The van der Waals surface area contributed by atoms with Crippen LogP contribution >= 0.6 is 0 Å². The van der Waals surface area contributed by atoms with Crippen LogP contribution in [0, 0.1) is 0 Å². The monoisotopic (exact) mass is 235 g/mol. The Bertz CT molecular complexity index is 284. The highest BCUT2D eigenvalue weighted by Gasteiger charge is 2.16. The molecule has 1 heterocycles. The Kier molecular flexibility index (Phi) is 4.51. The van der Waals surface area contributed by atoms with Crippen molar-refractivity contribution in [1.29, 1.82) is 0 Å². The summed E-state index contributed by atoms with van der Waals surface area (Å²) in [4.78, 5) is 4.60. The van der Waals surface area contributed by atoms with E-state index in [0.29, 0.717) is 6.54 Å². The number of sulfonamides is 1. The number of hydrogen-bond acceptors (Lipinski definition) is 4. The average Bonchev–Trinajstić information content (AvgIpc) is 2.15. The van der Waals surface area contributed by atoms with Gasteiger partial charge in [0.05, 0.1) is 6.26 Å². The highest BCUT2D eigenvalue weighted by atomic mass is 32.2. The normalized spacial score (nSPS) is 21.1. The van der Waals surface area contributed by atoms with Crippen LogP contribution in [-0.2, 0) is 10.0 Å². The van der Waals surface area contributed by atoms with Gasteiger partial charge < -0.3 is 4.90 Å². The molecule has 1 saturated heterocycles. The first-order chi connectivity index (χ1) is 6.89. The van der Waals surface area contributed by atoms with Crippen LogP contribution in [0.15, 0.2) is 0 Å². The van der Waals surface area contributed by atoms with Crippen LogP contribution in [0.1, 0.15) is 0 Å². The molecule has 0 spiro atoms. The predicted octanol–water partition coefficient (Wildman–Crippen LogP) is -0.875. The summed E-state index contributed by atoms with van der Waals surface area (Å²) in [6.07, 6.45) is 1.25. The lowest BCUT2D eigenvalue weighted by Gasteiger charge is -2.33. The third-order valence-electron chi connectivity index (χ3n) is 2.89. The summed E-state index contributed by atoms with van der Waals surface area (Å²) >= 11 is 0. The van der Waals surface area contributed by atoms with E-state index >= 15 is 0 Å². The fraction of sp³-hybridized carbons (Fsp3) is 1.00. The van der Waals surface area contributed by atoms with Gasteiger partial charge in [-0.15, -0.1) is 0 Å². The molecule has 0 unspecified atom stereocenters. The van der Waals surface area contributed by atoms with Gasteiger partial charge in [0.15, 0.2) is 0 Å². The number of hydrogen-bond donors (Lipinski definition) is 0. The minimum atomic E-state index is -3.02. The van der Waals surface area contributed by atoms with Gasteiger partial charge in [0, 0.05) is 46.3 Å². The second kappa shape index (κ2) is 5.25. The van der Waals surface area contributed by atoms with Gasteiger partial charge in [0.1, 0.15) is 0 Å². The molecule has 1 fully saturated rings. The molecule has 6 heteroatoms. The van der Waals surface area contributed by atoms with Crippen molar-refractivity contribution in [1.82, 2.24) is 14.1 Å². The zero-order valence-corrected chi connectivity index (χ0v) is 10.6. The minimum Gasteiger partial charge on any atom is -0.304 e. The molecule has 0 atom stereocenters. The molecule has 0 aromatic rings. The van der Waals surface area contributed by atoms with Gasteiger partial charge in [-0.25, -0.2) is 12.7 Å². The van der Waals surface area contributed by atoms with E-state index in [-0.39, 0.29) is 0 Å². The molecule has 15 heavy (non-hydrogen) atoms. The summed E-state index contributed by atoms with van der Waals surface area (Å²) in [6.45, 7) is 5.63. The van der Waals surface area contributed by atoms with E-state index in [0.717, 1.165) is 32.7 Å². The van der Waals surface area contributed by atoms with Crippen molar-refractivity contribution in [3.05, 3.63) is 0 Å². The number of rotatable bonds is 4. The predicted molar refractivity (Wildman–Crippen MR) is 61.4 cm³/mol. The Morgan fingerprint density at radius 1 is 1.20 bits per heavy atom. The maximum Gasteiger partial charge on any atom is 0.210 e. The molecule has 0 aliphatic carbocycles. The molecule has 90 valence electrons. The molecule has 1 aliphatic rings. The van der Waals surface area contributed by atoms with E-state index in [1.165, 1.54) is 10.6 Å². The summed E-state index contributed by atoms with van der Waals surface area (Å²) in [7, 11) is 0.723. The highest BCUT2D eigenvalue weighted by Crippen LogP contribution is 2.00. The molecule has 0 saturated carbocycles. The Balaban J connectivity index is 2.26. The molecule has 0 bridgehead atoms. The van der Waals surface area contributed by atoms with Gasteiger partial charge in [-0.05, 0) is 7.05 Å². The fourth-order valence-electron chi connectivity index (χ4n) is 1.52. The van der Waals surface area contributed by atoms with Crippen LogP contribution in [0.3, 0.4) is 0 Å². The molecule has 0 aromatic carbocycles. The van der Waals surface area contributed by atoms with Gasteiger partial charge in [-0.2, -0.15) is 0 Å². The largest absolute Gasteiger partial charge is 0.304 e. The van der Waals surface area contributed by atoms with E-state index < -0.39 is 10.0 Å². The SMILES string of the molecule is CN1CCN(CCN(C)S(C)(=O)=O)CC1. The fourth-order valence-corrected chi connectivity index (χ4v) is 1.93. The van der Waals surface area contributed by atoms with Gasteiger partial charge >= 0.3 is 0 Å². The van der Waals surface area contributed by atoms with E-state index in [9.17, 15) is 8.42 Å². The Morgan fingerprint density at radius 3 is 2.20 bits per heavy atom. The van der Waals surface area contributed by atoms with Crippen LogP contribution in [0.25, 0.3) is 0 Å². The van der Waals surface area contributed by atoms with Crippen molar-refractivity contribution in [3.63, 3.8) is 0 Å². The van der Waals surface area contributed by atoms with Gasteiger partial charge in [0.25, 0.3) is 0 Å². The topological polar surface area (TPSA) is 43.9 Å². The van der Waals surface area contributed by atoms with E-state index in [1.807, 2.05) is 0 Å². The Morgan fingerprint density at radius 2 is 1.73 bits per heavy atom. The zero-order chi connectivity index (χ0) is 11.5. The maximum atomic E-state index is 11.2. The van der Waals surface area contributed by atoms with Crippen LogP contribution in [-0.4, -0.2) is 82.1 Å².